The molecule has 4 aromatic rings. The van der Waals surface area contributed by atoms with Crippen molar-refractivity contribution in [1.29, 1.82) is 0 Å². The molecule has 6 heteroatoms. The van der Waals surface area contributed by atoms with Crippen LogP contribution in [0.5, 0.6) is 0 Å². The van der Waals surface area contributed by atoms with Crippen molar-refractivity contribution in [2.24, 2.45) is 4.52 Å². The number of nitrogens with zero attached hydrogens (tertiary/aromatic N) is 1. The van der Waals surface area contributed by atoms with E-state index >= 15 is 0 Å². The first-order chi connectivity index (χ1) is 14.7. The van der Waals surface area contributed by atoms with Gasteiger partial charge in [0.25, 0.3) is 0 Å². The van der Waals surface area contributed by atoms with Crippen LogP contribution in [0.4, 0.5) is 0 Å². The van der Waals surface area contributed by atoms with Gasteiger partial charge in [0.05, 0.1) is 0 Å². The normalized spacial score (nSPS) is 11.8. The van der Waals surface area contributed by atoms with Crippen LogP contribution >= 0.6 is 9.38 Å². The summed E-state index contributed by atoms with van der Waals surface area (Å²) >= 11 is 3.30. The molecule has 0 aromatic heterocycles. The quantitative estimate of drug-likeness (QED) is 0.217. The second kappa shape index (κ2) is 10.8. The molecule has 144 valence electrons. The summed E-state index contributed by atoms with van der Waals surface area (Å²) in [6.07, 6.45) is 0. The van der Waals surface area contributed by atoms with Crippen LogP contribution in [0.2, 0.25) is 0 Å². The Bertz CT molecular complexity index is 1110. The van der Waals surface area contributed by atoms with E-state index in [1.54, 1.807) is 0 Å². The minimum absolute atomic E-state index is 0.256. The average Bonchev–Trinajstić information content (AvgIpc) is 2.85. The van der Waals surface area contributed by atoms with E-state index in [2.05, 4.69) is 143 Å². The Morgan fingerprint density at radius 3 is 1.13 bits per heavy atom. The maximum atomic E-state index is 6.06. The molecule has 0 aliphatic carbocycles. The SMILES string of the molecule is [Na][Te]P(=NP(=[Te])(c1ccccc1)c1ccccc1)(c1ccccc1)c1ccccc1. The summed E-state index contributed by atoms with van der Waals surface area (Å²) < 4.78 is 2.39. The number of benzene rings is 4. The van der Waals surface area contributed by atoms with E-state index in [1.807, 2.05) is 0 Å². The molecule has 0 aliphatic rings. The molecule has 0 saturated carbocycles. The van der Waals surface area contributed by atoms with E-state index in [1.165, 1.54) is 44.7 Å². The fourth-order valence-corrected chi connectivity index (χ4v) is 42.3. The molecule has 0 saturated heterocycles. The number of hydrogen-bond acceptors (Lipinski definition) is 1. The van der Waals surface area contributed by atoms with Crippen LogP contribution in [0.25, 0.3) is 0 Å². The Morgan fingerprint density at radius 1 is 0.533 bits per heavy atom. The second-order valence-electron chi connectivity index (χ2n) is 6.77. The van der Waals surface area contributed by atoms with Crippen molar-refractivity contribution < 1.29 is 0 Å². The average molecular weight is 663 g/mol. The van der Waals surface area contributed by atoms with Crippen molar-refractivity contribution in [3.63, 3.8) is 0 Å². The zero-order valence-electron chi connectivity index (χ0n) is 16.7. The van der Waals surface area contributed by atoms with E-state index in [0.29, 0.717) is 0 Å². The predicted octanol–water partition coefficient (Wildman–Crippen LogP) is 4.21. The summed E-state index contributed by atoms with van der Waals surface area (Å²) in [5.74, 6) is 0. The molecular weight excluding hydrogens is 642 g/mol. The van der Waals surface area contributed by atoms with Crippen molar-refractivity contribution in [2.45, 2.75) is 0 Å². The van der Waals surface area contributed by atoms with Gasteiger partial charge in [0.15, 0.2) is 0 Å². The molecular formula is C24H20NNaP2Te2. The topological polar surface area (TPSA) is 12.4 Å². The molecule has 0 spiro atoms. The number of hydrogen-bond donors (Lipinski definition) is 0. The summed E-state index contributed by atoms with van der Waals surface area (Å²) in [5.41, 5.74) is 0. The molecule has 0 heterocycles. The summed E-state index contributed by atoms with van der Waals surface area (Å²) in [4.78, 5) is 0. The first-order valence-electron chi connectivity index (χ1n) is 9.71. The van der Waals surface area contributed by atoms with Crippen LogP contribution in [0.3, 0.4) is 0 Å². The Labute approximate surface area is 213 Å². The molecule has 0 aliphatic heterocycles. The van der Waals surface area contributed by atoms with Crippen molar-refractivity contribution >= 4 is 90.4 Å². The van der Waals surface area contributed by atoms with Crippen molar-refractivity contribution in [3.05, 3.63) is 121 Å². The van der Waals surface area contributed by atoms with Crippen molar-refractivity contribution in [1.82, 2.24) is 0 Å². The van der Waals surface area contributed by atoms with Crippen LogP contribution in [-0.4, -0.2) is 59.8 Å². The predicted molar refractivity (Wildman–Crippen MR) is 138 cm³/mol. The van der Waals surface area contributed by atoms with E-state index in [0.717, 1.165) is 0 Å². The van der Waals surface area contributed by atoms with Gasteiger partial charge in [-0.2, -0.15) is 0 Å². The third-order valence-electron chi connectivity index (χ3n) is 4.94. The summed E-state index contributed by atoms with van der Waals surface area (Å²) in [6.45, 7) is 0. The van der Waals surface area contributed by atoms with Gasteiger partial charge in [-0.25, -0.2) is 0 Å². The van der Waals surface area contributed by atoms with Crippen LogP contribution in [0, 0.1) is 0 Å². The molecule has 0 radical (unpaired) electrons. The molecule has 4 aromatic carbocycles. The summed E-state index contributed by atoms with van der Waals surface area (Å²) in [6, 6.07) is 44.3. The van der Waals surface area contributed by atoms with Gasteiger partial charge in [-0.15, -0.1) is 0 Å². The third kappa shape index (κ3) is 4.88. The van der Waals surface area contributed by atoms with Gasteiger partial charge in [0.2, 0.25) is 0 Å². The molecule has 0 amide bonds. The van der Waals surface area contributed by atoms with Crippen LogP contribution in [0.15, 0.2) is 126 Å². The number of rotatable bonds is 6. The maximum absolute atomic E-state index is 6.06. The van der Waals surface area contributed by atoms with Crippen LogP contribution in [-0.2, 0) is 0 Å². The zero-order valence-corrected chi connectivity index (χ0v) is 25.2. The standard InChI is InChI=1S/C24H20NP2Te2.Na/c28-26(21-13-5-1-6-14-21,22-15-7-2-8-16-22)25-27(29,23-17-9-3-10-18-23)24-19-11-4-12-20-24;/h1-20H;/q-1;+1. The van der Waals surface area contributed by atoms with Crippen molar-refractivity contribution in [3.8, 4) is 0 Å². The van der Waals surface area contributed by atoms with E-state index in [-0.39, 0.29) is 15.0 Å². The Morgan fingerprint density at radius 2 is 0.833 bits per heavy atom. The Hall–Kier alpha value is 0.119. The summed E-state index contributed by atoms with van der Waals surface area (Å²) in [7, 11) is 0. The first-order valence-corrected chi connectivity index (χ1v) is 27.1. The van der Waals surface area contributed by atoms with Crippen molar-refractivity contribution in [2.75, 3.05) is 0 Å². The molecule has 0 unspecified atom stereocenters. The van der Waals surface area contributed by atoms with Gasteiger partial charge in [0.1, 0.15) is 0 Å². The van der Waals surface area contributed by atoms with Gasteiger partial charge in [-0.1, -0.05) is 0 Å². The zero-order chi connectivity index (χ0) is 20.9. The van der Waals surface area contributed by atoms with E-state index < -0.39 is 9.38 Å². The van der Waals surface area contributed by atoms with Crippen LogP contribution in [0.1, 0.15) is 0 Å². The first kappa shape index (κ1) is 23.3. The fraction of sp³-hybridized carbons (Fsp3) is 0. The molecule has 0 atom stereocenters. The molecule has 0 bridgehead atoms. The fourth-order valence-electron chi connectivity index (χ4n) is 3.45. The van der Waals surface area contributed by atoms with Gasteiger partial charge >= 0.3 is 216 Å². The van der Waals surface area contributed by atoms with Gasteiger partial charge in [0, 0.05) is 0 Å². The van der Waals surface area contributed by atoms with E-state index in [4.69, 9.17) is 4.52 Å². The van der Waals surface area contributed by atoms with Gasteiger partial charge < -0.3 is 0 Å². The monoisotopic (exact) mass is 667 g/mol. The van der Waals surface area contributed by atoms with E-state index in [9.17, 15) is 0 Å². The van der Waals surface area contributed by atoms with Gasteiger partial charge in [-0.3, -0.25) is 0 Å². The molecule has 0 fully saturated rings. The molecule has 4 rings (SSSR count). The summed E-state index contributed by atoms with van der Waals surface area (Å²) in [5, 5.41) is 5.65. The second-order valence-corrected chi connectivity index (χ2v) is 31.7. The van der Waals surface area contributed by atoms with Crippen LogP contribution < -0.4 is 21.2 Å². The molecule has 0 N–H and O–H groups in total. The van der Waals surface area contributed by atoms with Gasteiger partial charge in [-0.05, 0) is 0 Å². The Kier molecular flexibility index (Phi) is 8.40. The third-order valence-corrected chi connectivity index (χ3v) is 37.6. The molecule has 30 heavy (non-hydrogen) atoms. The molecule has 1 nitrogen and oxygen atoms in total. The minimum atomic E-state index is -1.90. The Balaban J connectivity index is 2.10.